The van der Waals surface area contributed by atoms with Crippen LogP contribution in [0, 0.1) is 0 Å². The number of carbonyl (C=O) groups is 1. The number of aryl methyl sites for hydroxylation is 1. The van der Waals surface area contributed by atoms with Gasteiger partial charge in [-0.3, -0.25) is 4.79 Å². The zero-order valence-electron chi connectivity index (χ0n) is 12.6. The Kier molecular flexibility index (Phi) is 5.01. The van der Waals surface area contributed by atoms with E-state index in [-0.39, 0.29) is 5.78 Å². The van der Waals surface area contributed by atoms with Gasteiger partial charge >= 0.3 is 0 Å². The predicted molar refractivity (Wildman–Crippen MR) is 78.9 cm³/mol. The second kappa shape index (κ2) is 6.75. The van der Waals surface area contributed by atoms with Crippen LogP contribution in [0.2, 0.25) is 0 Å². The number of hydrogen-bond acceptors (Lipinski definition) is 4. The number of benzene rings is 1. The van der Waals surface area contributed by atoms with E-state index in [0.717, 1.165) is 42.9 Å². The molecule has 0 saturated heterocycles. The molecule has 1 aromatic carbocycles. The highest BCUT2D eigenvalue weighted by molar-refractivity contribution is 6.01. The summed E-state index contributed by atoms with van der Waals surface area (Å²) in [5, 5.41) is 0. The summed E-state index contributed by atoms with van der Waals surface area (Å²) < 4.78 is 11.2. The lowest BCUT2D eigenvalue weighted by Crippen LogP contribution is -2.28. The van der Waals surface area contributed by atoms with Crippen molar-refractivity contribution < 1.29 is 14.3 Å². The van der Waals surface area contributed by atoms with E-state index in [1.165, 1.54) is 0 Å². The van der Waals surface area contributed by atoms with Gasteiger partial charge in [0.2, 0.25) is 0 Å². The van der Waals surface area contributed by atoms with Crippen LogP contribution in [0.15, 0.2) is 12.1 Å². The molecule has 0 bridgehead atoms. The quantitative estimate of drug-likeness (QED) is 0.768. The van der Waals surface area contributed by atoms with Crippen molar-refractivity contribution in [2.45, 2.75) is 26.7 Å². The molecular formula is C16H23NO3. The van der Waals surface area contributed by atoms with Crippen molar-refractivity contribution in [2.75, 3.05) is 33.4 Å². The summed E-state index contributed by atoms with van der Waals surface area (Å²) in [6.45, 7) is 7.78. The van der Waals surface area contributed by atoms with Crippen LogP contribution in [0.4, 0.5) is 0 Å². The molecule has 4 nitrogen and oxygen atoms in total. The van der Waals surface area contributed by atoms with Crippen LogP contribution in [0.25, 0.3) is 0 Å². The fourth-order valence-electron chi connectivity index (χ4n) is 2.55. The fraction of sp³-hybridized carbons (Fsp3) is 0.562. The SMILES string of the molecule is CCN(CC)CCOc1cc2c(cc1OC)CCC2=O. The Balaban J connectivity index is 2.07. The van der Waals surface area contributed by atoms with Crippen LogP contribution in [0.1, 0.15) is 36.2 Å². The predicted octanol–water partition coefficient (Wildman–Crippen LogP) is 2.54. The maximum absolute atomic E-state index is 11.8. The minimum Gasteiger partial charge on any atom is -0.493 e. The molecule has 0 unspecified atom stereocenters. The summed E-state index contributed by atoms with van der Waals surface area (Å²) in [7, 11) is 1.63. The van der Waals surface area contributed by atoms with Gasteiger partial charge in [0.15, 0.2) is 17.3 Å². The van der Waals surface area contributed by atoms with E-state index in [4.69, 9.17) is 9.47 Å². The number of fused-ring (bicyclic) bond motifs is 1. The van der Waals surface area contributed by atoms with Gasteiger partial charge < -0.3 is 14.4 Å². The van der Waals surface area contributed by atoms with Crippen LogP contribution in [0.3, 0.4) is 0 Å². The Hall–Kier alpha value is -1.55. The van der Waals surface area contributed by atoms with Gasteiger partial charge in [-0.1, -0.05) is 13.8 Å². The molecule has 0 atom stereocenters. The van der Waals surface area contributed by atoms with E-state index in [2.05, 4.69) is 18.7 Å². The van der Waals surface area contributed by atoms with Crippen LogP contribution < -0.4 is 9.47 Å². The van der Waals surface area contributed by atoms with Gasteiger partial charge in [0.05, 0.1) is 7.11 Å². The number of hydrogen-bond donors (Lipinski definition) is 0. The summed E-state index contributed by atoms with van der Waals surface area (Å²) >= 11 is 0. The molecule has 0 amide bonds. The fourth-order valence-corrected chi connectivity index (χ4v) is 2.55. The maximum Gasteiger partial charge on any atom is 0.163 e. The van der Waals surface area contributed by atoms with Gasteiger partial charge in [0.25, 0.3) is 0 Å². The molecule has 0 heterocycles. The lowest BCUT2D eigenvalue weighted by Gasteiger charge is -2.19. The van der Waals surface area contributed by atoms with E-state index in [0.29, 0.717) is 18.8 Å². The van der Waals surface area contributed by atoms with Crippen molar-refractivity contribution in [3.05, 3.63) is 23.3 Å². The third-order valence-electron chi connectivity index (χ3n) is 3.87. The molecule has 0 aromatic heterocycles. The zero-order valence-corrected chi connectivity index (χ0v) is 12.6. The summed E-state index contributed by atoms with van der Waals surface area (Å²) in [4.78, 5) is 14.1. The second-order valence-electron chi connectivity index (χ2n) is 4.96. The largest absolute Gasteiger partial charge is 0.493 e. The Morgan fingerprint density at radius 1 is 1.15 bits per heavy atom. The first-order valence-corrected chi connectivity index (χ1v) is 7.28. The third-order valence-corrected chi connectivity index (χ3v) is 3.87. The average Bonchev–Trinajstić information content (AvgIpc) is 2.83. The standard InChI is InChI=1S/C16H23NO3/c1-4-17(5-2)8-9-20-16-11-13-12(6-7-14(13)18)10-15(16)19-3/h10-11H,4-9H2,1-3H3. The number of carbonyl (C=O) groups excluding carboxylic acids is 1. The van der Waals surface area contributed by atoms with Crippen molar-refractivity contribution in [2.24, 2.45) is 0 Å². The molecule has 0 aliphatic heterocycles. The molecule has 1 aromatic rings. The van der Waals surface area contributed by atoms with Crippen molar-refractivity contribution in [3.63, 3.8) is 0 Å². The van der Waals surface area contributed by atoms with Crippen LogP contribution in [0.5, 0.6) is 11.5 Å². The second-order valence-corrected chi connectivity index (χ2v) is 4.96. The number of ketones is 1. The Bertz CT molecular complexity index is 481. The smallest absolute Gasteiger partial charge is 0.163 e. The number of ether oxygens (including phenoxy) is 2. The summed E-state index contributed by atoms with van der Waals surface area (Å²) in [5.74, 6) is 1.60. The normalized spacial score (nSPS) is 13.7. The molecule has 0 spiro atoms. The Morgan fingerprint density at radius 3 is 2.55 bits per heavy atom. The zero-order chi connectivity index (χ0) is 14.5. The van der Waals surface area contributed by atoms with Gasteiger partial charge in [0, 0.05) is 18.5 Å². The highest BCUT2D eigenvalue weighted by Crippen LogP contribution is 2.34. The molecule has 0 saturated carbocycles. The van der Waals surface area contributed by atoms with Gasteiger partial charge in [0.1, 0.15) is 6.61 Å². The number of Topliss-reactive ketones (excluding diaryl/α,β-unsaturated/α-hetero) is 1. The van der Waals surface area contributed by atoms with Gasteiger partial charge in [-0.25, -0.2) is 0 Å². The van der Waals surface area contributed by atoms with Crippen molar-refractivity contribution in [1.82, 2.24) is 4.90 Å². The topological polar surface area (TPSA) is 38.8 Å². The summed E-state index contributed by atoms with van der Waals surface area (Å²) in [6, 6.07) is 3.78. The molecule has 1 aliphatic carbocycles. The summed E-state index contributed by atoms with van der Waals surface area (Å²) in [6.07, 6.45) is 1.41. The first-order valence-electron chi connectivity index (χ1n) is 7.28. The lowest BCUT2D eigenvalue weighted by molar-refractivity contribution is 0.0994. The monoisotopic (exact) mass is 277 g/mol. The van der Waals surface area contributed by atoms with E-state index >= 15 is 0 Å². The number of likely N-dealkylation sites (N-methyl/N-ethyl adjacent to an activating group) is 1. The van der Waals surface area contributed by atoms with E-state index in [1.807, 2.05) is 12.1 Å². The Morgan fingerprint density at radius 2 is 1.90 bits per heavy atom. The molecule has 4 heteroatoms. The highest BCUT2D eigenvalue weighted by atomic mass is 16.5. The van der Waals surface area contributed by atoms with E-state index in [1.54, 1.807) is 7.11 Å². The minimum absolute atomic E-state index is 0.205. The van der Waals surface area contributed by atoms with Crippen LogP contribution in [-0.4, -0.2) is 44.0 Å². The van der Waals surface area contributed by atoms with Gasteiger partial charge in [-0.2, -0.15) is 0 Å². The Labute approximate surface area is 120 Å². The van der Waals surface area contributed by atoms with Crippen molar-refractivity contribution in [3.8, 4) is 11.5 Å². The molecular weight excluding hydrogens is 254 g/mol. The van der Waals surface area contributed by atoms with Crippen LogP contribution in [-0.2, 0) is 6.42 Å². The molecule has 110 valence electrons. The summed E-state index contributed by atoms with van der Waals surface area (Å²) in [5.41, 5.74) is 1.87. The number of nitrogens with zero attached hydrogens (tertiary/aromatic N) is 1. The molecule has 20 heavy (non-hydrogen) atoms. The number of rotatable bonds is 7. The number of methoxy groups -OCH3 is 1. The molecule has 0 fully saturated rings. The first kappa shape index (κ1) is 14.9. The molecule has 2 rings (SSSR count). The van der Waals surface area contributed by atoms with Crippen molar-refractivity contribution >= 4 is 5.78 Å². The lowest BCUT2D eigenvalue weighted by atomic mass is 10.1. The molecule has 0 N–H and O–H groups in total. The molecule has 1 aliphatic rings. The highest BCUT2D eigenvalue weighted by Gasteiger charge is 2.22. The maximum atomic E-state index is 11.8. The van der Waals surface area contributed by atoms with E-state index in [9.17, 15) is 4.79 Å². The molecule has 0 radical (unpaired) electrons. The first-order chi connectivity index (χ1) is 9.69. The van der Waals surface area contributed by atoms with Crippen molar-refractivity contribution in [1.29, 1.82) is 0 Å². The van der Waals surface area contributed by atoms with Gasteiger partial charge in [-0.05, 0) is 37.2 Å². The van der Waals surface area contributed by atoms with E-state index < -0.39 is 0 Å². The average molecular weight is 277 g/mol. The van der Waals surface area contributed by atoms with Crippen LogP contribution >= 0.6 is 0 Å². The van der Waals surface area contributed by atoms with Gasteiger partial charge in [-0.15, -0.1) is 0 Å². The third kappa shape index (κ3) is 3.12. The minimum atomic E-state index is 0.205.